The monoisotopic (exact) mass is 372 g/mol. The molecule has 144 valence electrons. The van der Waals surface area contributed by atoms with E-state index in [1.165, 1.54) is 5.56 Å². The molecular formula is C20H24N2O5. The molecule has 0 unspecified atom stereocenters. The Bertz CT molecular complexity index is 746. The van der Waals surface area contributed by atoms with Gasteiger partial charge in [0.05, 0.1) is 12.2 Å². The van der Waals surface area contributed by atoms with E-state index < -0.39 is 11.8 Å². The van der Waals surface area contributed by atoms with Gasteiger partial charge in [-0.15, -0.1) is 0 Å². The Labute approximate surface area is 158 Å². The maximum Gasteiger partial charge on any atom is 0.276 e. The number of hydrogen-bond donors (Lipinski definition) is 2. The Morgan fingerprint density at radius 3 is 2.37 bits per heavy atom. The normalized spacial score (nSPS) is 10.1. The van der Waals surface area contributed by atoms with Crippen LogP contribution in [0.4, 0.5) is 0 Å². The predicted octanol–water partition coefficient (Wildman–Crippen LogP) is 2.11. The lowest BCUT2D eigenvalue weighted by Gasteiger charge is -2.12. The molecule has 0 aromatic heterocycles. The van der Waals surface area contributed by atoms with E-state index in [4.69, 9.17) is 14.2 Å². The minimum absolute atomic E-state index is 0.211. The second-order valence-electron chi connectivity index (χ2n) is 5.63. The number of methoxy groups -OCH3 is 1. The van der Waals surface area contributed by atoms with Gasteiger partial charge < -0.3 is 14.2 Å². The first-order chi connectivity index (χ1) is 13.1. The summed E-state index contributed by atoms with van der Waals surface area (Å²) in [6, 6.07) is 14.2. The molecule has 0 aliphatic rings. The summed E-state index contributed by atoms with van der Waals surface area (Å²) in [6.07, 6.45) is 0.934. The fourth-order valence-corrected chi connectivity index (χ4v) is 2.22. The van der Waals surface area contributed by atoms with Gasteiger partial charge in [0.1, 0.15) is 18.1 Å². The van der Waals surface area contributed by atoms with Crippen molar-refractivity contribution in [2.75, 3.05) is 26.9 Å². The summed E-state index contributed by atoms with van der Waals surface area (Å²) in [5.74, 6) is 0.0449. The van der Waals surface area contributed by atoms with E-state index in [9.17, 15) is 9.59 Å². The highest BCUT2D eigenvalue weighted by molar-refractivity contribution is 5.97. The van der Waals surface area contributed by atoms with Crippen molar-refractivity contribution in [3.8, 4) is 11.5 Å². The molecule has 2 aromatic carbocycles. The van der Waals surface area contributed by atoms with Crippen LogP contribution in [0.1, 0.15) is 22.8 Å². The number of carbonyl (C=O) groups excluding carboxylic acids is 2. The van der Waals surface area contributed by atoms with Crippen molar-refractivity contribution < 1.29 is 23.8 Å². The number of aryl methyl sites for hydroxylation is 1. The number of nitrogens with one attached hydrogen (secondary N) is 2. The molecule has 7 nitrogen and oxygen atoms in total. The second kappa shape index (κ2) is 10.8. The zero-order chi connectivity index (χ0) is 19.5. The predicted molar refractivity (Wildman–Crippen MR) is 101 cm³/mol. The van der Waals surface area contributed by atoms with Crippen molar-refractivity contribution in [3.05, 3.63) is 59.7 Å². The van der Waals surface area contributed by atoms with Gasteiger partial charge in [-0.1, -0.05) is 31.2 Å². The molecule has 0 bridgehead atoms. The molecule has 0 fully saturated rings. The molecule has 2 N–H and O–H groups in total. The Balaban J connectivity index is 1.81. The molecule has 0 aliphatic carbocycles. The van der Waals surface area contributed by atoms with Crippen molar-refractivity contribution in [2.24, 2.45) is 0 Å². The van der Waals surface area contributed by atoms with Crippen LogP contribution in [-0.4, -0.2) is 38.7 Å². The molecule has 2 rings (SSSR count). The van der Waals surface area contributed by atoms with E-state index in [1.54, 1.807) is 43.5 Å². The first kappa shape index (κ1) is 20.3. The number of hydrazine groups is 1. The van der Waals surface area contributed by atoms with Gasteiger partial charge in [0.15, 0.2) is 6.61 Å². The molecule has 2 amide bonds. The third-order valence-electron chi connectivity index (χ3n) is 3.69. The topological polar surface area (TPSA) is 85.9 Å². The molecule has 27 heavy (non-hydrogen) atoms. The zero-order valence-corrected chi connectivity index (χ0v) is 15.5. The molecular weight excluding hydrogens is 348 g/mol. The zero-order valence-electron chi connectivity index (χ0n) is 15.5. The summed E-state index contributed by atoms with van der Waals surface area (Å²) in [7, 11) is 1.57. The van der Waals surface area contributed by atoms with Crippen LogP contribution in [0.5, 0.6) is 11.5 Å². The van der Waals surface area contributed by atoms with Crippen molar-refractivity contribution in [1.29, 1.82) is 0 Å². The van der Waals surface area contributed by atoms with E-state index in [1.807, 2.05) is 12.1 Å². The Hall–Kier alpha value is -3.06. The Morgan fingerprint density at radius 2 is 1.67 bits per heavy atom. The average molecular weight is 372 g/mol. The highest BCUT2D eigenvalue weighted by Gasteiger charge is 2.13. The average Bonchev–Trinajstić information content (AvgIpc) is 2.71. The number of rotatable bonds is 9. The Kier molecular flexibility index (Phi) is 8.12. The molecule has 0 saturated heterocycles. The first-order valence-corrected chi connectivity index (χ1v) is 8.65. The molecule has 0 aliphatic heterocycles. The molecule has 0 heterocycles. The fourth-order valence-electron chi connectivity index (χ4n) is 2.22. The van der Waals surface area contributed by atoms with Crippen molar-refractivity contribution in [2.45, 2.75) is 13.3 Å². The van der Waals surface area contributed by atoms with Gasteiger partial charge in [0, 0.05) is 7.11 Å². The number of amides is 2. The first-order valence-electron chi connectivity index (χ1n) is 8.65. The summed E-state index contributed by atoms with van der Waals surface area (Å²) in [4.78, 5) is 24.1. The maximum atomic E-state index is 12.3. The molecule has 0 radical (unpaired) electrons. The lowest BCUT2D eigenvalue weighted by atomic mass is 10.2. The van der Waals surface area contributed by atoms with E-state index >= 15 is 0 Å². The number of para-hydroxylation sites is 1. The van der Waals surface area contributed by atoms with E-state index in [2.05, 4.69) is 17.8 Å². The van der Waals surface area contributed by atoms with Gasteiger partial charge >= 0.3 is 0 Å². The van der Waals surface area contributed by atoms with Crippen LogP contribution in [-0.2, 0) is 16.0 Å². The van der Waals surface area contributed by atoms with Gasteiger partial charge in [0.2, 0.25) is 0 Å². The highest BCUT2D eigenvalue weighted by atomic mass is 16.5. The molecule has 0 spiro atoms. The minimum atomic E-state index is -0.483. The molecule has 0 saturated carbocycles. The van der Waals surface area contributed by atoms with Crippen LogP contribution in [0.3, 0.4) is 0 Å². The number of ether oxygens (including phenoxy) is 3. The fraction of sp³-hybridized carbons (Fsp3) is 0.300. The van der Waals surface area contributed by atoms with Crippen LogP contribution < -0.4 is 20.3 Å². The molecule has 7 heteroatoms. The lowest BCUT2D eigenvalue weighted by molar-refractivity contribution is -0.123. The van der Waals surface area contributed by atoms with Crippen LogP contribution >= 0.6 is 0 Å². The number of benzene rings is 2. The third kappa shape index (κ3) is 6.63. The molecule has 0 atom stereocenters. The van der Waals surface area contributed by atoms with Gasteiger partial charge in [-0.2, -0.15) is 0 Å². The van der Waals surface area contributed by atoms with Crippen LogP contribution in [0.2, 0.25) is 0 Å². The highest BCUT2D eigenvalue weighted by Crippen LogP contribution is 2.17. The van der Waals surface area contributed by atoms with Gasteiger partial charge in [-0.05, 0) is 36.2 Å². The van der Waals surface area contributed by atoms with Crippen LogP contribution in [0.15, 0.2) is 48.5 Å². The Morgan fingerprint density at radius 1 is 0.926 bits per heavy atom. The number of hydrogen-bond acceptors (Lipinski definition) is 5. The van der Waals surface area contributed by atoms with E-state index in [-0.39, 0.29) is 6.61 Å². The van der Waals surface area contributed by atoms with Crippen LogP contribution in [0, 0.1) is 0 Å². The smallest absolute Gasteiger partial charge is 0.276 e. The second-order valence-corrected chi connectivity index (χ2v) is 5.63. The van der Waals surface area contributed by atoms with Crippen molar-refractivity contribution in [3.63, 3.8) is 0 Å². The van der Waals surface area contributed by atoms with Crippen LogP contribution in [0.25, 0.3) is 0 Å². The summed E-state index contributed by atoms with van der Waals surface area (Å²) in [6.45, 7) is 2.57. The quantitative estimate of drug-likeness (QED) is 0.520. The summed E-state index contributed by atoms with van der Waals surface area (Å²) >= 11 is 0. The van der Waals surface area contributed by atoms with Crippen molar-refractivity contribution in [1.82, 2.24) is 10.9 Å². The standard InChI is InChI=1S/C20H24N2O5/c1-3-15-8-10-16(11-9-15)27-14-19(23)21-22-20(24)17-6-4-5-7-18(17)26-13-12-25-2/h4-11H,3,12-14H2,1-2H3,(H,21,23)(H,22,24). The van der Waals surface area contributed by atoms with E-state index in [0.717, 1.165) is 6.42 Å². The summed E-state index contributed by atoms with van der Waals surface area (Å²) < 4.78 is 15.8. The SMILES string of the molecule is CCc1ccc(OCC(=O)NNC(=O)c2ccccc2OCCOC)cc1. The lowest BCUT2D eigenvalue weighted by Crippen LogP contribution is -2.43. The van der Waals surface area contributed by atoms with Gasteiger partial charge in [0.25, 0.3) is 11.8 Å². The summed E-state index contributed by atoms with van der Waals surface area (Å²) in [5, 5.41) is 0. The third-order valence-corrected chi connectivity index (χ3v) is 3.69. The number of carbonyl (C=O) groups is 2. The van der Waals surface area contributed by atoms with Crippen molar-refractivity contribution >= 4 is 11.8 Å². The largest absolute Gasteiger partial charge is 0.490 e. The van der Waals surface area contributed by atoms with Gasteiger partial charge in [-0.3, -0.25) is 20.4 Å². The molecule has 2 aromatic rings. The van der Waals surface area contributed by atoms with Gasteiger partial charge in [-0.25, -0.2) is 0 Å². The maximum absolute atomic E-state index is 12.3. The van der Waals surface area contributed by atoms with E-state index in [0.29, 0.717) is 30.3 Å². The summed E-state index contributed by atoms with van der Waals surface area (Å²) in [5.41, 5.74) is 6.17. The minimum Gasteiger partial charge on any atom is -0.490 e.